The molecule has 0 radical (unpaired) electrons. The molecule has 7 rings (SSSR count). The fourth-order valence-corrected chi connectivity index (χ4v) is 7.55. The van der Waals surface area contributed by atoms with Crippen LogP contribution >= 0.6 is 0 Å². The molecular formula is C44H58N10O4. The summed E-state index contributed by atoms with van der Waals surface area (Å²) in [6.45, 7) is 13.2. The summed E-state index contributed by atoms with van der Waals surface area (Å²) in [6, 6.07) is 18.5. The number of unbranched alkanes of at least 4 members (excludes halogenated alkanes) is 2. The zero-order valence-electron chi connectivity index (χ0n) is 36.2. The standard InChI is InChI=1S/C24H33N5O2.C20H23N5O2.H2/c1-3-4-12-31-24-26-22(25)21-14-20(30)16-29(23(21)27-24)17(2)19-9-7-8-18(13-19)15-28-10-5-6-11-28;1-3-4-8-27-20-23-18(22)17-10-16(26)12-25(19(17)24-20)13(2)15-7-5-6-14(9-15)11-21;/h7-9,13,17H,3-6,10-12,14-16H2,1-2H3,(H2,25,26,27);5-7,9,13H,3-4,8,10,12H2,1-2H3,(H2,22,23,24);1H/i;;1+1D. The van der Waals surface area contributed by atoms with Gasteiger partial charge in [0.2, 0.25) is 0 Å². The first-order valence-electron chi connectivity index (χ1n) is 21.5. The number of rotatable bonds is 14. The quantitative estimate of drug-likeness (QED) is 0.130. The number of carbonyl (C=O) groups excluding carboxylic acids is 2. The Morgan fingerprint density at radius 1 is 0.776 bits per heavy atom. The average molecular weight is 793 g/mol. The van der Waals surface area contributed by atoms with Gasteiger partial charge in [-0.1, -0.05) is 63.1 Å². The Kier molecular flexibility index (Phi) is 13.6. The number of ketones is 2. The van der Waals surface area contributed by atoms with Crippen LogP contribution in [0.15, 0.2) is 48.5 Å². The Balaban J connectivity index is 0.000000221. The van der Waals surface area contributed by atoms with Gasteiger partial charge in [0.25, 0.3) is 0 Å². The Bertz CT molecular complexity index is 2130. The molecule has 0 aliphatic carbocycles. The molecule has 2 unspecified atom stereocenters. The molecule has 2 aromatic heterocycles. The van der Waals surface area contributed by atoms with Gasteiger partial charge >= 0.3 is 12.0 Å². The van der Waals surface area contributed by atoms with E-state index in [9.17, 15) is 9.59 Å². The van der Waals surface area contributed by atoms with Crippen molar-refractivity contribution in [1.82, 2.24) is 24.8 Å². The highest BCUT2D eigenvalue weighted by Crippen LogP contribution is 2.37. The van der Waals surface area contributed by atoms with Crippen LogP contribution in [-0.2, 0) is 29.0 Å². The van der Waals surface area contributed by atoms with Crippen molar-refractivity contribution < 1.29 is 22.0 Å². The molecule has 58 heavy (non-hydrogen) atoms. The predicted molar refractivity (Wildman–Crippen MR) is 227 cm³/mol. The van der Waals surface area contributed by atoms with E-state index in [1.165, 1.54) is 37.1 Å². The van der Waals surface area contributed by atoms with Gasteiger partial charge in [-0.25, -0.2) is 0 Å². The van der Waals surface area contributed by atoms with Gasteiger partial charge in [0.05, 0.1) is 50.0 Å². The normalized spacial score (nSPS) is 16.3. The summed E-state index contributed by atoms with van der Waals surface area (Å²) in [5.41, 5.74) is 17.6. The predicted octanol–water partition coefficient (Wildman–Crippen LogP) is 6.57. The van der Waals surface area contributed by atoms with Gasteiger partial charge in [-0.05, 0) is 81.4 Å². The first-order chi connectivity index (χ1) is 29.1. The largest absolute Gasteiger partial charge is 0.463 e. The second-order valence-corrected chi connectivity index (χ2v) is 15.3. The van der Waals surface area contributed by atoms with E-state index in [1.807, 2.05) is 34.9 Å². The highest BCUT2D eigenvalue weighted by Gasteiger charge is 2.33. The third-order valence-electron chi connectivity index (χ3n) is 10.9. The van der Waals surface area contributed by atoms with E-state index in [0.29, 0.717) is 54.1 Å². The molecule has 4 N–H and O–H groups in total. The highest BCUT2D eigenvalue weighted by atomic mass is 16.5. The number of fused-ring (bicyclic) bond motifs is 2. The number of nitrogens with two attached hydrogens (primary N) is 2. The number of benzene rings is 2. The lowest BCUT2D eigenvalue weighted by molar-refractivity contribution is -0.118. The van der Waals surface area contributed by atoms with Crippen molar-refractivity contribution in [3.05, 3.63) is 81.9 Å². The Labute approximate surface area is 344 Å². The lowest BCUT2D eigenvalue weighted by Gasteiger charge is -2.35. The number of nitrogen functional groups attached to an aromatic ring is 2. The summed E-state index contributed by atoms with van der Waals surface area (Å²) in [4.78, 5) is 49.0. The molecule has 0 spiro atoms. The van der Waals surface area contributed by atoms with Crippen LogP contribution in [0.2, 0.25) is 0 Å². The summed E-state index contributed by atoms with van der Waals surface area (Å²) in [6.07, 6.45) is 6.94. The van der Waals surface area contributed by atoms with Gasteiger partial charge in [0.15, 0.2) is 11.6 Å². The number of nitrogens with zero attached hydrogens (tertiary/aromatic N) is 8. The molecule has 3 aliphatic heterocycles. The van der Waals surface area contributed by atoms with Crippen LogP contribution in [0.1, 0.15) is 115 Å². The summed E-state index contributed by atoms with van der Waals surface area (Å²) >= 11 is 0. The fraction of sp³-hybridized carbons (Fsp3) is 0.477. The summed E-state index contributed by atoms with van der Waals surface area (Å²) in [5, 5.41) is 9.16. The van der Waals surface area contributed by atoms with Crippen molar-refractivity contribution in [2.24, 2.45) is 0 Å². The van der Waals surface area contributed by atoms with Crippen molar-refractivity contribution in [3.8, 4) is 18.1 Å². The summed E-state index contributed by atoms with van der Waals surface area (Å²) in [5.74, 6) is 2.15. The molecule has 2 atom stereocenters. The molecule has 4 aromatic rings. The number of likely N-dealkylation sites (tertiary alicyclic amines) is 1. The topological polar surface area (TPSA) is 190 Å². The molecule has 0 saturated carbocycles. The van der Waals surface area contributed by atoms with Crippen LogP contribution in [-0.4, -0.2) is 75.8 Å². The van der Waals surface area contributed by atoms with Crippen LogP contribution in [0.3, 0.4) is 0 Å². The first kappa shape index (κ1) is 40.4. The summed E-state index contributed by atoms with van der Waals surface area (Å²) < 4.78 is 21.4. The monoisotopic (exact) mass is 792 g/mol. The molecule has 14 nitrogen and oxygen atoms in total. The molecule has 5 heterocycles. The molecular weight excluding hydrogens is 733 g/mol. The van der Waals surface area contributed by atoms with Crippen LogP contribution < -0.4 is 30.7 Å². The minimum absolute atomic E-state index is 0.0145. The second kappa shape index (κ2) is 19.6. The van der Waals surface area contributed by atoms with Gasteiger partial charge in [-0.2, -0.15) is 25.2 Å². The Morgan fingerprint density at radius 2 is 1.28 bits per heavy atom. The lowest BCUT2D eigenvalue weighted by Crippen LogP contribution is -2.39. The van der Waals surface area contributed by atoms with Crippen LogP contribution in [0.5, 0.6) is 12.0 Å². The molecule has 0 amide bonds. The van der Waals surface area contributed by atoms with Gasteiger partial charge < -0.3 is 30.7 Å². The van der Waals surface area contributed by atoms with Crippen molar-refractivity contribution in [1.29, 1.82) is 5.26 Å². The molecule has 3 aliphatic rings. The van der Waals surface area contributed by atoms with Gasteiger partial charge in [0.1, 0.15) is 23.3 Å². The number of aromatic nitrogens is 4. The molecule has 14 heteroatoms. The molecule has 0 bridgehead atoms. The van der Waals surface area contributed by atoms with E-state index in [4.69, 9.17) is 29.2 Å². The van der Waals surface area contributed by atoms with E-state index in [1.54, 1.807) is 6.07 Å². The first-order valence-corrected chi connectivity index (χ1v) is 20.5. The van der Waals surface area contributed by atoms with Crippen LogP contribution in [0.25, 0.3) is 0 Å². The van der Waals surface area contributed by atoms with Gasteiger partial charge in [-0.15, -0.1) is 0 Å². The van der Waals surface area contributed by atoms with Crippen molar-refractivity contribution in [2.75, 3.05) is 60.7 Å². The third-order valence-corrected chi connectivity index (χ3v) is 10.9. The van der Waals surface area contributed by atoms with Crippen LogP contribution in [0.4, 0.5) is 23.3 Å². The zero-order valence-corrected chi connectivity index (χ0v) is 34.2. The maximum Gasteiger partial charge on any atom is 0.320 e. The Morgan fingerprint density at radius 3 is 1.78 bits per heavy atom. The van der Waals surface area contributed by atoms with E-state index < -0.39 is 0 Å². The maximum atomic E-state index is 12.5. The SMILES string of the molecule is CCCCOc1nc(N)c2c(n1)N(C(C)c1cccc(C#N)c1)CC(=O)C2.CCCCOc1nc(N)c2c(n1)N(C(C)c1cccc(CN3CCCC3)c1)CC(=O)C2.[2H][2H]. The highest BCUT2D eigenvalue weighted by molar-refractivity contribution is 5.92. The smallest absolute Gasteiger partial charge is 0.320 e. The number of carbonyl (C=O) groups is 2. The van der Waals surface area contributed by atoms with E-state index in [-0.39, 0.29) is 54.9 Å². The minimum atomic E-state index is -0.154. The molecule has 2 aromatic carbocycles. The molecule has 1 saturated heterocycles. The lowest BCUT2D eigenvalue weighted by atomic mass is 9.99. The minimum Gasteiger partial charge on any atom is -0.463 e. The average Bonchev–Trinajstić information content (AvgIpc) is 3.77. The fourth-order valence-electron chi connectivity index (χ4n) is 7.55. The van der Waals surface area contributed by atoms with Crippen LogP contribution in [0, 0.1) is 11.3 Å². The third kappa shape index (κ3) is 10.2. The van der Waals surface area contributed by atoms with E-state index in [2.05, 4.69) is 75.9 Å². The Hall–Kier alpha value is -5.81. The molecule has 308 valence electrons. The van der Waals surface area contributed by atoms with Crippen molar-refractivity contribution >= 4 is 34.8 Å². The van der Waals surface area contributed by atoms with E-state index in [0.717, 1.165) is 43.6 Å². The zero-order chi connectivity index (χ0) is 43.2. The second-order valence-electron chi connectivity index (χ2n) is 15.3. The number of anilines is 4. The van der Waals surface area contributed by atoms with Crippen molar-refractivity contribution in [3.63, 3.8) is 0 Å². The number of Topliss-reactive ketones (excluding diaryl/α,β-unsaturated/α-hetero) is 2. The maximum absolute atomic E-state index is 12.5. The molecule has 1 fully saturated rings. The number of hydrogen-bond donors (Lipinski definition) is 2. The summed E-state index contributed by atoms with van der Waals surface area (Å²) in [7, 11) is 0. The van der Waals surface area contributed by atoms with E-state index >= 15 is 0 Å². The number of nitriles is 1. The number of ether oxygens (including phenoxy) is 2. The van der Waals surface area contributed by atoms with Gasteiger partial charge in [0, 0.05) is 33.5 Å². The van der Waals surface area contributed by atoms with Gasteiger partial charge in [-0.3, -0.25) is 14.5 Å². The number of hydrogen-bond acceptors (Lipinski definition) is 14. The van der Waals surface area contributed by atoms with Crippen molar-refractivity contribution in [2.45, 2.75) is 97.7 Å².